The predicted octanol–water partition coefficient (Wildman–Crippen LogP) is -0.249. The molecule has 0 aromatic carbocycles. The summed E-state index contributed by atoms with van der Waals surface area (Å²) in [6.45, 7) is 4.61. The summed E-state index contributed by atoms with van der Waals surface area (Å²) in [4.78, 5) is 11.4. The number of ether oxygens (including phenoxy) is 2. The Morgan fingerprint density at radius 1 is 1.40 bits per heavy atom. The molecule has 0 saturated carbocycles. The second kappa shape index (κ2) is 9.89. The minimum atomic E-state index is -0.0195. The first-order chi connectivity index (χ1) is 7.22. The Kier molecular flexibility index (Phi) is 9.46. The molecular weight excluding hydrogens is 196 g/mol. The number of amides is 1. The normalized spacial score (nSPS) is 12.5. The van der Waals surface area contributed by atoms with E-state index < -0.39 is 0 Å². The van der Waals surface area contributed by atoms with Gasteiger partial charge >= 0.3 is 0 Å². The number of hydrogen-bond donors (Lipinski definition) is 2. The third-order valence-corrected chi connectivity index (χ3v) is 2.02. The highest BCUT2D eigenvalue weighted by molar-refractivity contribution is 5.78. The first-order valence-corrected chi connectivity index (χ1v) is 5.26. The van der Waals surface area contributed by atoms with Crippen LogP contribution in [0.5, 0.6) is 0 Å². The molecule has 1 unspecified atom stereocenters. The van der Waals surface area contributed by atoms with Gasteiger partial charge in [0.15, 0.2) is 0 Å². The molecule has 15 heavy (non-hydrogen) atoms. The number of hydrogen-bond acceptors (Lipinski definition) is 4. The van der Waals surface area contributed by atoms with Crippen LogP contribution in [0.4, 0.5) is 0 Å². The van der Waals surface area contributed by atoms with Crippen LogP contribution in [0.25, 0.3) is 0 Å². The van der Waals surface area contributed by atoms with Crippen molar-refractivity contribution in [2.75, 3.05) is 40.0 Å². The number of nitrogens with one attached hydrogen (secondary N) is 1. The van der Waals surface area contributed by atoms with E-state index in [1.54, 1.807) is 7.11 Å². The summed E-state index contributed by atoms with van der Waals surface area (Å²) in [5.41, 5.74) is 5.36. The van der Waals surface area contributed by atoms with E-state index >= 15 is 0 Å². The molecule has 5 heteroatoms. The highest BCUT2D eigenvalue weighted by atomic mass is 16.5. The maximum Gasteiger partial charge on any atom is 0.222 e. The fraction of sp³-hybridized carbons (Fsp3) is 0.900. The monoisotopic (exact) mass is 218 g/mol. The number of carbonyl (C=O) groups excluding carboxylic acids is 1. The highest BCUT2D eigenvalue weighted by Crippen LogP contribution is 1.98. The van der Waals surface area contributed by atoms with Gasteiger partial charge in [0.1, 0.15) is 0 Å². The van der Waals surface area contributed by atoms with E-state index in [-0.39, 0.29) is 11.8 Å². The second-order valence-corrected chi connectivity index (χ2v) is 3.37. The van der Waals surface area contributed by atoms with E-state index in [0.29, 0.717) is 32.9 Å². The van der Waals surface area contributed by atoms with Gasteiger partial charge in [-0.25, -0.2) is 0 Å². The molecule has 0 aromatic heterocycles. The van der Waals surface area contributed by atoms with E-state index in [0.717, 1.165) is 6.42 Å². The smallest absolute Gasteiger partial charge is 0.222 e. The second-order valence-electron chi connectivity index (χ2n) is 3.37. The van der Waals surface area contributed by atoms with Crippen LogP contribution in [0.3, 0.4) is 0 Å². The van der Waals surface area contributed by atoms with E-state index in [1.165, 1.54) is 0 Å². The van der Waals surface area contributed by atoms with Crippen molar-refractivity contribution in [1.82, 2.24) is 5.32 Å². The SMILES string of the molecule is COCCOCCNC(=O)C(C)CCN. The van der Waals surface area contributed by atoms with Crippen LogP contribution >= 0.6 is 0 Å². The Hall–Kier alpha value is -0.650. The molecule has 1 atom stereocenters. The van der Waals surface area contributed by atoms with E-state index in [4.69, 9.17) is 15.2 Å². The van der Waals surface area contributed by atoms with Crippen LogP contribution in [-0.2, 0) is 14.3 Å². The van der Waals surface area contributed by atoms with E-state index in [9.17, 15) is 4.79 Å². The number of nitrogens with two attached hydrogens (primary N) is 1. The van der Waals surface area contributed by atoms with Gasteiger partial charge < -0.3 is 20.5 Å². The molecule has 0 aromatic rings. The van der Waals surface area contributed by atoms with Gasteiger partial charge in [-0.1, -0.05) is 6.92 Å². The Morgan fingerprint density at radius 2 is 2.13 bits per heavy atom. The molecule has 0 saturated heterocycles. The minimum Gasteiger partial charge on any atom is -0.382 e. The van der Waals surface area contributed by atoms with Crippen LogP contribution in [0, 0.1) is 5.92 Å². The van der Waals surface area contributed by atoms with Crippen molar-refractivity contribution in [3.05, 3.63) is 0 Å². The summed E-state index contributed by atoms with van der Waals surface area (Å²) >= 11 is 0. The summed E-state index contributed by atoms with van der Waals surface area (Å²) < 4.78 is 10.0. The Balaban J connectivity index is 3.30. The van der Waals surface area contributed by atoms with E-state index in [2.05, 4.69) is 5.32 Å². The molecule has 1 amide bonds. The number of methoxy groups -OCH3 is 1. The van der Waals surface area contributed by atoms with Crippen molar-refractivity contribution < 1.29 is 14.3 Å². The lowest BCUT2D eigenvalue weighted by atomic mass is 10.1. The standard InChI is InChI=1S/C10H22N2O3/c1-9(3-4-11)10(13)12-5-6-15-8-7-14-2/h9H,3-8,11H2,1-2H3,(H,12,13). The largest absolute Gasteiger partial charge is 0.382 e. The summed E-state index contributed by atoms with van der Waals surface area (Å²) in [5.74, 6) is 0.0183. The van der Waals surface area contributed by atoms with Crippen LogP contribution in [-0.4, -0.2) is 45.9 Å². The minimum absolute atomic E-state index is 0.0195. The van der Waals surface area contributed by atoms with Gasteiger partial charge in [0.25, 0.3) is 0 Å². The van der Waals surface area contributed by atoms with Crippen molar-refractivity contribution >= 4 is 5.91 Å². The molecular formula is C10H22N2O3. The van der Waals surface area contributed by atoms with Gasteiger partial charge in [0.2, 0.25) is 5.91 Å². The van der Waals surface area contributed by atoms with Gasteiger partial charge in [-0.3, -0.25) is 4.79 Å². The molecule has 90 valence electrons. The Bertz CT molecular complexity index is 165. The van der Waals surface area contributed by atoms with Gasteiger partial charge in [-0.05, 0) is 13.0 Å². The maximum absolute atomic E-state index is 11.4. The molecule has 0 rings (SSSR count). The fourth-order valence-corrected chi connectivity index (χ4v) is 1.05. The summed E-state index contributed by atoms with van der Waals surface area (Å²) in [7, 11) is 1.62. The van der Waals surface area contributed by atoms with Gasteiger partial charge in [-0.2, -0.15) is 0 Å². The molecule has 0 fully saturated rings. The summed E-state index contributed by atoms with van der Waals surface area (Å²) in [6, 6.07) is 0. The first-order valence-electron chi connectivity index (χ1n) is 5.26. The van der Waals surface area contributed by atoms with Crippen LogP contribution in [0.15, 0.2) is 0 Å². The zero-order chi connectivity index (χ0) is 11.5. The number of carbonyl (C=O) groups is 1. The third kappa shape index (κ3) is 8.35. The zero-order valence-corrected chi connectivity index (χ0v) is 9.62. The molecule has 0 aliphatic heterocycles. The lowest BCUT2D eigenvalue weighted by Gasteiger charge is -2.10. The quantitative estimate of drug-likeness (QED) is 0.523. The fourth-order valence-electron chi connectivity index (χ4n) is 1.05. The zero-order valence-electron chi connectivity index (χ0n) is 9.62. The third-order valence-electron chi connectivity index (χ3n) is 2.02. The topological polar surface area (TPSA) is 73.6 Å². The van der Waals surface area contributed by atoms with Crippen molar-refractivity contribution in [1.29, 1.82) is 0 Å². The lowest BCUT2D eigenvalue weighted by molar-refractivity contribution is -0.124. The van der Waals surface area contributed by atoms with Crippen molar-refractivity contribution in [3.63, 3.8) is 0 Å². The van der Waals surface area contributed by atoms with Crippen LogP contribution in [0.1, 0.15) is 13.3 Å². The average molecular weight is 218 g/mol. The van der Waals surface area contributed by atoms with Crippen molar-refractivity contribution in [3.8, 4) is 0 Å². The molecule has 0 radical (unpaired) electrons. The van der Waals surface area contributed by atoms with Gasteiger partial charge in [0.05, 0.1) is 19.8 Å². The predicted molar refractivity (Wildman–Crippen MR) is 58.5 cm³/mol. The van der Waals surface area contributed by atoms with Crippen LogP contribution in [0.2, 0.25) is 0 Å². The Labute approximate surface area is 91.3 Å². The molecule has 0 bridgehead atoms. The average Bonchev–Trinajstić information content (AvgIpc) is 2.23. The lowest BCUT2D eigenvalue weighted by Crippen LogP contribution is -2.33. The van der Waals surface area contributed by atoms with Gasteiger partial charge in [-0.15, -0.1) is 0 Å². The van der Waals surface area contributed by atoms with E-state index in [1.807, 2.05) is 6.92 Å². The summed E-state index contributed by atoms with van der Waals surface area (Å²) in [6.07, 6.45) is 0.719. The van der Waals surface area contributed by atoms with Crippen LogP contribution < -0.4 is 11.1 Å². The Morgan fingerprint density at radius 3 is 2.73 bits per heavy atom. The molecule has 0 aliphatic carbocycles. The summed E-state index contributed by atoms with van der Waals surface area (Å²) in [5, 5.41) is 2.78. The number of rotatable bonds is 9. The van der Waals surface area contributed by atoms with Gasteiger partial charge in [0, 0.05) is 19.6 Å². The maximum atomic E-state index is 11.4. The highest BCUT2D eigenvalue weighted by Gasteiger charge is 2.10. The molecule has 0 heterocycles. The molecule has 0 aliphatic rings. The molecule has 0 spiro atoms. The molecule has 3 N–H and O–H groups in total. The van der Waals surface area contributed by atoms with Crippen molar-refractivity contribution in [2.45, 2.75) is 13.3 Å². The van der Waals surface area contributed by atoms with Crippen molar-refractivity contribution in [2.24, 2.45) is 11.7 Å². The first kappa shape index (κ1) is 14.3. The molecule has 5 nitrogen and oxygen atoms in total.